The topological polar surface area (TPSA) is 56.9 Å². The quantitative estimate of drug-likeness (QED) is 0.530. The molecular weight excluding hydrogens is 394 g/mol. The fourth-order valence-corrected chi connectivity index (χ4v) is 5.30. The van der Waals surface area contributed by atoms with Gasteiger partial charge in [0.1, 0.15) is 0 Å². The summed E-state index contributed by atoms with van der Waals surface area (Å²) in [6.45, 7) is 5.77. The monoisotopic (exact) mass is 419 g/mol. The molecule has 0 bridgehead atoms. The molecule has 1 atom stereocenters. The lowest BCUT2D eigenvalue weighted by Gasteiger charge is -2.40. The second kappa shape index (κ2) is 8.08. The number of hydrogen-bond donors (Lipinski definition) is 1. The number of para-hydroxylation sites is 1. The van der Waals surface area contributed by atoms with Crippen molar-refractivity contribution in [2.75, 3.05) is 31.1 Å². The van der Waals surface area contributed by atoms with Gasteiger partial charge in [-0.25, -0.2) is 4.98 Å². The van der Waals surface area contributed by atoms with Crippen molar-refractivity contribution in [2.24, 2.45) is 0 Å². The van der Waals surface area contributed by atoms with Crippen molar-refractivity contribution in [3.63, 3.8) is 0 Å². The molecule has 3 heterocycles. The molecule has 1 saturated heterocycles. The molecule has 2 aromatic carbocycles. The Balaban J connectivity index is 1.47. The van der Waals surface area contributed by atoms with Crippen LogP contribution in [0.25, 0.3) is 4.96 Å². The van der Waals surface area contributed by atoms with Crippen LogP contribution in [-0.2, 0) is 6.42 Å². The van der Waals surface area contributed by atoms with Gasteiger partial charge in [0.2, 0.25) is 10.8 Å². The van der Waals surface area contributed by atoms with Crippen LogP contribution in [0.2, 0.25) is 0 Å². The Morgan fingerprint density at radius 3 is 2.27 bits per heavy atom. The van der Waals surface area contributed by atoms with Crippen LogP contribution in [0.15, 0.2) is 60.7 Å². The lowest BCUT2D eigenvalue weighted by molar-refractivity contribution is 0.211. The van der Waals surface area contributed by atoms with Gasteiger partial charge in [-0.05, 0) is 17.7 Å². The van der Waals surface area contributed by atoms with Crippen molar-refractivity contribution in [1.82, 2.24) is 19.5 Å². The largest absolute Gasteiger partial charge is 0.492 e. The summed E-state index contributed by atoms with van der Waals surface area (Å²) in [5.41, 5.74) is 2.45. The van der Waals surface area contributed by atoms with Gasteiger partial charge in [-0.15, -0.1) is 5.10 Å². The molecule has 1 aliphatic rings. The van der Waals surface area contributed by atoms with Crippen LogP contribution in [0.3, 0.4) is 0 Å². The Kier molecular flexibility index (Phi) is 5.14. The van der Waals surface area contributed by atoms with Gasteiger partial charge in [0.25, 0.3) is 0 Å². The number of hydrogen-bond acceptors (Lipinski definition) is 6. The molecule has 1 fully saturated rings. The fourth-order valence-electron chi connectivity index (χ4n) is 4.16. The predicted octanol–water partition coefficient (Wildman–Crippen LogP) is 3.97. The third-order valence-corrected chi connectivity index (χ3v) is 6.80. The molecule has 0 spiro atoms. The second-order valence-electron chi connectivity index (χ2n) is 7.54. The molecule has 30 heavy (non-hydrogen) atoms. The summed E-state index contributed by atoms with van der Waals surface area (Å²) in [5.74, 6) is 0.970. The predicted molar refractivity (Wildman–Crippen MR) is 120 cm³/mol. The molecule has 0 aliphatic carbocycles. The average molecular weight is 420 g/mol. The van der Waals surface area contributed by atoms with Gasteiger partial charge in [-0.3, -0.25) is 4.90 Å². The van der Waals surface area contributed by atoms with Crippen molar-refractivity contribution < 1.29 is 5.11 Å². The van der Waals surface area contributed by atoms with Crippen LogP contribution >= 0.6 is 11.3 Å². The van der Waals surface area contributed by atoms with Gasteiger partial charge >= 0.3 is 0 Å². The molecule has 154 valence electrons. The highest BCUT2D eigenvalue weighted by atomic mass is 32.1. The minimum atomic E-state index is -0.0114. The molecule has 2 aromatic heterocycles. The van der Waals surface area contributed by atoms with E-state index in [2.05, 4.69) is 74.5 Å². The van der Waals surface area contributed by atoms with E-state index in [0.29, 0.717) is 0 Å². The third-order valence-electron chi connectivity index (χ3n) is 5.72. The lowest BCUT2D eigenvalue weighted by Crippen LogP contribution is -2.47. The highest BCUT2D eigenvalue weighted by Crippen LogP contribution is 2.40. The summed E-state index contributed by atoms with van der Waals surface area (Å²) >= 11 is 1.54. The van der Waals surface area contributed by atoms with Gasteiger partial charge in [0.05, 0.1) is 10.9 Å². The zero-order valence-corrected chi connectivity index (χ0v) is 17.8. The normalized spacial score (nSPS) is 16.2. The van der Waals surface area contributed by atoms with Crippen molar-refractivity contribution in [3.8, 4) is 5.88 Å². The van der Waals surface area contributed by atoms with Crippen molar-refractivity contribution >= 4 is 22.0 Å². The molecule has 1 aliphatic heterocycles. The molecule has 5 rings (SSSR count). The van der Waals surface area contributed by atoms with Crippen LogP contribution in [0.4, 0.5) is 5.69 Å². The molecular formula is C23H25N5OS. The van der Waals surface area contributed by atoms with E-state index in [9.17, 15) is 5.11 Å². The number of anilines is 1. The first kappa shape index (κ1) is 19.1. The number of fused-ring (bicyclic) bond motifs is 1. The minimum absolute atomic E-state index is 0.0114. The Morgan fingerprint density at radius 1 is 0.967 bits per heavy atom. The van der Waals surface area contributed by atoms with Crippen molar-refractivity contribution in [3.05, 3.63) is 76.9 Å². The van der Waals surface area contributed by atoms with Crippen LogP contribution in [-0.4, -0.2) is 50.8 Å². The molecule has 6 nitrogen and oxygen atoms in total. The van der Waals surface area contributed by atoms with Crippen LogP contribution in [0, 0.1) is 0 Å². The SMILES string of the molecule is CCc1nc2sc(C(c3ccccc3)N3CCN(c4ccccc4)CC3)c(O)n2n1. The van der Waals surface area contributed by atoms with E-state index in [1.54, 1.807) is 4.52 Å². The number of aromatic hydroxyl groups is 1. The number of thiazole rings is 1. The number of nitrogens with zero attached hydrogens (tertiary/aromatic N) is 5. The van der Waals surface area contributed by atoms with E-state index in [1.165, 1.54) is 22.6 Å². The van der Waals surface area contributed by atoms with E-state index >= 15 is 0 Å². The van der Waals surface area contributed by atoms with Gasteiger partial charge in [-0.1, -0.05) is 66.8 Å². The summed E-state index contributed by atoms with van der Waals surface area (Å²) in [4.78, 5) is 11.1. The summed E-state index contributed by atoms with van der Waals surface area (Å²) in [5, 5.41) is 15.5. The molecule has 0 saturated carbocycles. The van der Waals surface area contributed by atoms with E-state index in [1.807, 2.05) is 13.0 Å². The highest BCUT2D eigenvalue weighted by Gasteiger charge is 2.31. The first-order valence-corrected chi connectivity index (χ1v) is 11.2. The van der Waals surface area contributed by atoms with Gasteiger partial charge in [0.15, 0.2) is 5.82 Å². The van der Waals surface area contributed by atoms with Gasteiger partial charge in [0, 0.05) is 38.3 Å². The van der Waals surface area contributed by atoms with Crippen LogP contribution < -0.4 is 4.90 Å². The molecule has 1 N–H and O–H groups in total. The summed E-state index contributed by atoms with van der Waals surface area (Å²) in [6, 6.07) is 21.0. The first-order valence-electron chi connectivity index (χ1n) is 10.4. The fraction of sp³-hybridized carbons (Fsp3) is 0.304. The van der Waals surface area contributed by atoms with Crippen LogP contribution in [0.1, 0.15) is 29.2 Å². The molecule has 0 amide bonds. The Hall–Kier alpha value is -2.90. The van der Waals surface area contributed by atoms with Crippen LogP contribution in [0.5, 0.6) is 5.88 Å². The standard InChI is InChI=1S/C23H25N5OS/c1-2-19-24-23-28(25-19)22(29)21(30-23)20(17-9-5-3-6-10-17)27-15-13-26(14-16-27)18-11-7-4-8-12-18/h3-12,20,29H,2,13-16H2,1H3. The van der Waals surface area contributed by atoms with Crippen molar-refractivity contribution in [2.45, 2.75) is 19.4 Å². The number of benzene rings is 2. The maximum absolute atomic E-state index is 11.0. The number of piperazine rings is 1. The van der Waals surface area contributed by atoms with Gasteiger partial charge in [-0.2, -0.15) is 4.52 Å². The maximum atomic E-state index is 11.0. The summed E-state index contributed by atoms with van der Waals surface area (Å²) < 4.78 is 1.59. The van der Waals surface area contributed by atoms with E-state index < -0.39 is 0 Å². The Labute approximate surface area is 180 Å². The lowest BCUT2D eigenvalue weighted by atomic mass is 10.0. The van der Waals surface area contributed by atoms with Crippen molar-refractivity contribution in [1.29, 1.82) is 0 Å². The number of rotatable bonds is 5. The zero-order chi connectivity index (χ0) is 20.5. The smallest absolute Gasteiger partial charge is 0.230 e. The number of aryl methyl sites for hydroxylation is 1. The molecule has 1 unspecified atom stereocenters. The summed E-state index contributed by atoms with van der Waals surface area (Å²) in [6.07, 6.45) is 0.757. The second-order valence-corrected chi connectivity index (χ2v) is 8.55. The highest BCUT2D eigenvalue weighted by molar-refractivity contribution is 7.17. The Morgan fingerprint density at radius 2 is 1.63 bits per heavy atom. The first-order chi connectivity index (χ1) is 14.7. The van der Waals surface area contributed by atoms with Gasteiger partial charge < -0.3 is 10.0 Å². The molecule has 0 radical (unpaired) electrons. The minimum Gasteiger partial charge on any atom is -0.492 e. The summed E-state index contributed by atoms with van der Waals surface area (Å²) in [7, 11) is 0. The maximum Gasteiger partial charge on any atom is 0.230 e. The van der Waals surface area contributed by atoms with E-state index in [4.69, 9.17) is 0 Å². The Bertz CT molecular complexity index is 1120. The number of aromatic nitrogens is 3. The molecule has 4 aromatic rings. The van der Waals surface area contributed by atoms with E-state index in [-0.39, 0.29) is 11.9 Å². The van der Waals surface area contributed by atoms with E-state index in [0.717, 1.165) is 48.3 Å². The molecule has 7 heteroatoms. The average Bonchev–Trinajstić information content (AvgIpc) is 3.35. The zero-order valence-electron chi connectivity index (χ0n) is 17.0. The third kappa shape index (κ3) is 3.44.